The van der Waals surface area contributed by atoms with Crippen molar-refractivity contribution in [1.82, 2.24) is 9.78 Å². The minimum absolute atomic E-state index is 0.276. The molecule has 4 nitrogen and oxygen atoms in total. The van der Waals surface area contributed by atoms with Crippen LogP contribution in [0.2, 0.25) is 0 Å². The van der Waals surface area contributed by atoms with Gasteiger partial charge in [0, 0.05) is 19.3 Å². The normalized spacial score (nSPS) is 10.5. The molecule has 1 aromatic carbocycles. The van der Waals surface area contributed by atoms with E-state index in [1.165, 1.54) is 17.1 Å². The van der Waals surface area contributed by atoms with E-state index in [0.29, 0.717) is 6.07 Å². The number of ketones is 2. The topological polar surface area (TPSA) is 52.0 Å². The van der Waals surface area contributed by atoms with Gasteiger partial charge < -0.3 is 0 Å². The first-order valence-electron chi connectivity index (χ1n) is 5.47. The number of carbonyl (C=O) groups is 2. The SMILES string of the molecule is Cn1cc(C(=O)CC(=O)c2ccc(F)cc2F)cn1. The summed E-state index contributed by atoms with van der Waals surface area (Å²) in [6.07, 6.45) is 2.32. The molecule has 6 heteroatoms. The van der Waals surface area contributed by atoms with E-state index in [1.54, 1.807) is 7.05 Å². The third-order valence-corrected chi connectivity index (χ3v) is 2.58. The van der Waals surface area contributed by atoms with Gasteiger partial charge in [-0.1, -0.05) is 0 Å². The molecule has 0 radical (unpaired) electrons. The van der Waals surface area contributed by atoms with Crippen LogP contribution in [0.3, 0.4) is 0 Å². The first-order valence-corrected chi connectivity index (χ1v) is 5.47. The Bertz CT molecular complexity index is 650. The van der Waals surface area contributed by atoms with Crippen LogP contribution in [0.15, 0.2) is 30.6 Å². The second kappa shape index (κ2) is 5.09. The van der Waals surface area contributed by atoms with Gasteiger partial charge in [-0.2, -0.15) is 5.10 Å². The van der Waals surface area contributed by atoms with Crippen LogP contribution in [-0.4, -0.2) is 21.3 Å². The fraction of sp³-hybridized carbons (Fsp3) is 0.154. The minimum Gasteiger partial charge on any atom is -0.294 e. The molecule has 0 bridgehead atoms. The monoisotopic (exact) mass is 264 g/mol. The molecule has 1 heterocycles. The second-order valence-corrected chi connectivity index (χ2v) is 4.05. The number of rotatable bonds is 4. The van der Waals surface area contributed by atoms with Crippen molar-refractivity contribution in [1.29, 1.82) is 0 Å². The zero-order valence-electron chi connectivity index (χ0n) is 10.1. The summed E-state index contributed by atoms with van der Waals surface area (Å²) < 4.78 is 27.5. The quantitative estimate of drug-likeness (QED) is 0.628. The van der Waals surface area contributed by atoms with E-state index in [-0.39, 0.29) is 11.1 Å². The summed E-state index contributed by atoms with van der Waals surface area (Å²) in [7, 11) is 1.64. The Hall–Kier alpha value is -2.37. The molecule has 0 aliphatic carbocycles. The zero-order valence-corrected chi connectivity index (χ0v) is 10.1. The highest BCUT2D eigenvalue weighted by molar-refractivity contribution is 6.13. The van der Waals surface area contributed by atoms with Crippen LogP contribution < -0.4 is 0 Å². The van der Waals surface area contributed by atoms with E-state index in [4.69, 9.17) is 0 Å². The molecule has 0 aliphatic heterocycles. The molecule has 0 unspecified atom stereocenters. The molecule has 0 N–H and O–H groups in total. The standard InChI is InChI=1S/C13H10F2N2O2/c1-17-7-8(6-16-17)12(18)5-13(19)10-3-2-9(14)4-11(10)15/h2-4,6-7H,5H2,1H3. The molecule has 2 rings (SSSR count). The molecular formula is C13H10F2N2O2. The van der Waals surface area contributed by atoms with Crippen LogP contribution in [0.5, 0.6) is 0 Å². The lowest BCUT2D eigenvalue weighted by atomic mass is 10.0. The number of hydrogen-bond acceptors (Lipinski definition) is 3. The fourth-order valence-electron chi connectivity index (χ4n) is 1.62. The number of carbonyl (C=O) groups excluding carboxylic acids is 2. The van der Waals surface area contributed by atoms with Crippen LogP contribution in [0.25, 0.3) is 0 Å². The van der Waals surface area contributed by atoms with Gasteiger partial charge in [0.1, 0.15) is 11.6 Å². The number of Topliss-reactive ketones (excluding diaryl/α,β-unsaturated/α-hetero) is 2. The van der Waals surface area contributed by atoms with Crippen LogP contribution >= 0.6 is 0 Å². The van der Waals surface area contributed by atoms with Crippen LogP contribution in [0, 0.1) is 11.6 Å². The lowest BCUT2D eigenvalue weighted by molar-refractivity contribution is 0.0892. The van der Waals surface area contributed by atoms with Crippen molar-refractivity contribution in [2.75, 3.05) is 0 Å². The summed E-state index contributed by atoms with van der Waals surface area (Å²) in [6, 6.07) is 2.62. The number of aryl methyl sites for hydroxylation is 1. The Kier molecular flexibility index (Phi) is 3.50. The van der Waals surface area contributed by atoms with Gasteiger partial charge in [-0.05, 0) is 12.1 Å². The van der Waals surface area contributed by atoms with Gasteiger partial charge in [-0.25, -0.2) is 8.78 Å². The molecule has 0 atom stereocenters. The summed E-state index contributed by atoms with van der Waals surface area (Å²) >= 11 is 0. The maximum atomic E-state index is 13.4. The predicted molar refractivity (Wildman–Crippen MR) is 62.8 cm³/mol. The van der Waals surface area contributed by atoms with Gasteiger partial charge >= 0.3 is 0 Å². The molecule has 2 aromatic rings. The molecule has 1 aromatic heterocycles. The number of hydrogen-bond donors (Lipinski definition) is 0. The van der Waals surface area contributed by atoms with Crippen LogP contribution in [0.1, 0.15) is 27.1 Å². The Morgan fingerprint density at radius 1 is 1.26 bits per heavy atom. The molecule has 98 valence electrons. The highest BCUT2D eigenvalue weighted by Gasteiger charge is 2.18. The highest BCUT2D eigenvalue weighted by atomic mass is 19.1. The van der Waals surface area contributed by atoms with Crippen molar-refractivity contribution in [3.8, 4) is 0 Å². The maximum absolute atomic E-state index is 13.4. The molecular weight excluding hydrogens is 254 g/mol. The first kappa shape index (κ1) is 13.1. The van der Waals surface area contributed by atoms with Crippen molar-refractivity contribution >= 4 is 11.6 Å². The van der Waals surface area contributed by atoms with E-state index in [1.807, 2.05) is 0 Å². The lowest BCUT2D eigenvalue weighted by Gasteiger charge is -2.01. The smallest absolute Gasteiger partial charge is 0.173 e. The largest absolute Gasteiger partial charge is 0.294 e. The van der Waals surface area contributed by atoms with E-state index in [2.05, 4.69) is 5.10 Å². The highest BCUT2D eigenvalue weighted by Crippen LogP contribution is 2.13. The van der Waals surface area contributed by atoms with Crippen molar-refractivity contribution in [3.05, 3.63) is 53.4 Å². The van der Waals surface area contributed by atoms with Crippen molar-refractivity contribution in [2.24, 2.45) is 7.05 Å². The minimum atomic E-state index is -0.969. The summed E-state index contributed by atoms with van der Waals surface area (Å²) in [4.78, 5) is 23.5. The number of halogens is 2. The molecule has 19 heavy (non-hydrogen) atoms. The maximum Gasteiger partial charge on any atom is 0.173 e. The van der Waals surface area contributed by atoms with E-state index >= 15 is 0 Å². The van der Waals surface area contributed by atoms with Gasteiger partial charge in [-0.3, -0.25) is 14.3 Å². The summed E-state index contributed by atoms with van der Waals surface area (Å²) in [6.45, 7) is 0. The van der Waals surface area contributed by atoms with Gasteiger partial charge in [-0.15, -0.1) is 0 Å². The van der Waals surface area contributed by atoms with Crippen LogP contribution in [0.4, 0.5) is 8.78 Å². The Morgan fingerprint density at radius 3 is 2.58 bits per heavy atom. The number of nitrogens with zero attached hydrogens (tertiary/aromatic N) is 2. The predicted octanol–water partition coefficient (Wildman–Crippen LogP) is 2.15. The zero-order chi connectivity index (χ0) is 14.0. The van der Waals surface area contributed by atoms with Gasteiger partial charge in [0.15, 0.2) is 11.6 Å². The van der Waals surface area contributed by atoms with Crippen LogP contribution in [-0.2, 0) is 7.05 Å². The summed E-state index contributed by atoms with van der Waals surface area (Å²) in [5.74, 6) is -2.88. The third-order valence-electron chi connectivity index (χ3n) is 2.58. The molecule has 0 aliphatic rings. The van der Waals surface area contributed by atoms with Gasteiger partial charge in [0.05, 0.1) is 23.7 Å². The third kappa shape index (κ3) is 2.90. The second-order valence-electron chi connectivity index (χ2n) is 4.05. The molecule has 0 saturated heterocycles. The summed E-state index contributed by atoms with van der Waals surface area (Å²) in [5.41, 5.74) is -0.0167. The fourth-order valence-corrected chi connectivity index (χ4v) is 1.62. The Morgan fingerprint density at radius 2 is 2.00 bits per heavy atom. The summed E-state index contributed by atoms with van der Waals surface area (Å²) in [5, 5.41) is 3.81. The Balaban J connectivity index is 2.15. The van der Waals surface area contributed by atoms with E-state index in [0.717, 1.165) is 12.1 Å². The Labute approximate surface area is 107 Å². The van der Waals surface area contributed by atoms with E-state index < -0.39 is 29.6 Å². The lowest BCUT2D eigenvalue weighted by Crippen LogP contribution is -2.10. The van der Waals surface area contributed by atoms with Gasteiger partial charge in [0.25, 0.3) is 0 Å². The molecule has 0 amide bonds. The van der Waals surface area contributed by atoms with Gasteiger partial charge in [0.2, 0.25) is 0 Å². The average Bonchev–Trinajstić information content (AvgIpc) is 2.75. The van der Waals surface area contributed by atoms with Crippen molar-refractivity contribution < 1.29 is 18.4 Å². The van der Waals surface area contributed by atoms with Crippen molar-refractivity contribution in [2.45, 2.75) is 6.42 Å². The first-order chi connectivity index (χ1) is 8.97. The molecule has 0 saturated carbocycles. The van der Waals surface area contributed by atoms with E-state index in [9.17, 15) is 18.4 Å². The molecule has 0 spiro atoms. The molecule has 0 fully saturated rings. The average molecular weight is 264 g/mol. The van der Waals surface area contributed by atoms with Crippen molar-refractivity contribution in [3.63, 3.8) is 0 Å². The number of benzene rings is 1. The number of aromatic nitrogens is 2.